The van der Waals surface area contributed by atoms with Crippen LogP contribution in [0.3, 0.4) is 0 Å². The summed E-state index contributed by atoms with van der Waals surface area (Å²) in [6.07, 6.45) is 5.59. The van der Waals surface area contributed by atoms with E-state index >= 15 is 0 Å². The summed E-state index contributed by atoms with van der Waals surface area (Å²) in [6.45, 7) is 2.51. The number of nitrogen functional groups attached to an aromatic ring is 1. The minimum absolute atomic E-state index is 0.376. The number of aryl methyl sites for hydroxylation is 2. The van der Waals surface area contributed by atoms with Crippen LogP contribution < -0.4 is 16.4 Å². The van der Waals surface area contributed by atoms with Crippen molar-refractivity contribution in [2.24, 2.45) is 7.05 Å². The van der Waals surface area contributed by atoms with E-state index in [-0.39, 0.29) is 0 Å². The molecule has 4 aromatic heterocycles. The van der Waals surface area contributed by atoms with Gasteiger partial charge in [0.2, 0.25) is 0 Å². The molecule has 0 aliphatic carbocycles. The van der Waals surface area contributed by atoms with Gasteiger partial charge in [-0.25, -0.2) is 24.9 Å². The van der Waals surface area contributed by atoms with E-state index in [1.165, 1.54) is 6.33 Å². The second-order valence-electron chi connectivity index (χ2n) is 6.69. The molecule has 10 nitrogen and oxygen atoms in total. The van der Waals surface area contributed by atoms with Gasteiger partial charge in [0.25, 0.3) is 0 Å². The normalized spacial score (nSPS) is 10.7. The maximum Gasteiger partial charge on any atom is 0.162 e. The Hall–Kier alpha value is -4.26. The lowest BCUT2D eigenvalue weighted by molar-refractivity contribution is 0.919. The van der Waals surface area contributed by atoms with Crippen molar-refractivity contribution in [3.8, 4) is 6.07 Å². The number of nitrogens with two attached hydrogens (primary N) is 1. The summed E-state index contributed by atoms with van der Waals surface area (Å²) >= 11 is 0. The third-order valence-corrected chi connectivity index (χ3v) is 4.62. The lowest BCUT2D eigenvalue weighted by Gasteiger charge is -2.12. The van der Waals surface area contributed by atoms with E-state index in [2.05, 4.69) is 36.6 Å². The summed E-state index contributed by atoms with van der Waals surface area (Å²) in [4.78, 5) is 21.4. The van der Waals surface area contributed by atoms with Gasteiger partial charge in [-0.15, -0.1) is 0 Å². The first-order valence-corrected chi connectivity index (χ1v) is 9.35. The highest BCUT2D eigenvalue weighted by molar-refractivity contribution is 5.88. The molecule has 4 heterocycles. The van der Waals surface area contributed by atoms with E-state index in [0.29, 0.717) is 23.9 Å². The van der Waals surface area contributed by atoms with Gasteiger partial charge in [-0.05, 0) is 24.1 Å². The van der Waals surface area contributed by atoms with Crippen molar-refractivity contribution in [1.29, 1.82) is 5.26 Å². The fourth-order valence-corrected chi connectivity index (χ4v) is 3.11. The number of rotatable bonds is 6. The van der Waals surface area contributed by atoms with Gasteiger partial charge in [0.15, 0.2) is 5.65 Å². The highest BCUT2D eigenvalue weighted by Gasteiger charge is 2.12. The molecule has 0 atom stereocenters. The molecule has 0 amide bonds. The van der Waals surface area contributed by atoms with Crippen LogP contribution in [0.2, 0.25) is 0 Å². The minimum atomic E-state index is 0.376. The van der Waals surface area contributed by atoms with E-state index in [1.54, 1.807) is 24.7 Å². The maximum atomic E-state index is 9.06. The van der Waals surface area contributed by atoms with E-state index in [9.17, 15) is 0 Å². The summed E-state index contributed by atoms with van der Waals surface area (Å²) < 4.78 is 1.86. The molecule has 0 aromatic carbocycles. The van der Waals surface area contributed by atoms with Crippen LogP contribution in [0, 0.1) is 11.3 Å². The molecular weight excluding hydrogens is 380 g/mol. The Labute approximate surface area is 172 Å². The Morgan fingerprint density at radius 1 is 1.13 bits per heavy atom. The van der Waals surface area contributed by atoms with Crippen molar-refractivity contribution in [2.75, 3.05) is 16.4 Å². The molecule has 0 fully saturated rings. The second-order valence-corrected chi connectivity index (χ2v) is 6.69. The number of fused-ring (bicyclic) bond motifs is 1. The monoisotopic (exact) mass is 400 g/mol. The molecule has 0 saturated heterocycles. The zero-order valence-corrected chi connectivity index (χ0v) is 16.6. The number of hydrogen-bond donors (Lipinski definition) is 3. The number of aromatic nitrogens is 6. The number of nitrogens with one attached hydrogen (secondary N) is 2. The van der Waals surface area contributed by atoms with Crippen molar-refractivity contribution in [2.45, 2.75) is 19.9 Å². The molecule has 4 N–H and O–H groups in total. The Balaban J connectivity index is 1.65. The third-order valence-electron chi connectivity index (χ3n) is 4.62. The first kappa shape index (κ1) is 19.1. The first-order valence-electron chi connectivity index (χ1n) is 9.35. The fourth-order valence-electron chi connectivity index (χ4n) is 3.11. The molecule has 0 spiro atoms. The summed E-state index contributed by atoms with van der Waals surface area (Å²) in [5.41, 5.74) is 11.1. The number of anilines is 4. The van der Waals surface area contributed by atoms with Crippen molar-refractivity contribution in [3.63, 3.8) is 0 Å². The van der Waals surface area contributed by atoms with Gasteiger partial charge in [0.1, 0.15) is 35.2 Å². The van der Waals surface area contributed by atoms with Crippen LogP contribution in [0.4, 0.5) is 23.0 Å². The number of pyridine rings is 2. The van der Waals surface area contributed by atoms with E-state index < -0.39 is 0 Å². The molecule has 0 bridgehead atoms. The average molecular weight is 400 g/mol. The van der Waals surface area contributed by atoms with Crippen molar-refractivity contribution in [3.05, 3.63) is 54.0 Å². The topological polar surface area (TPSA) is 143 Å². The third kappa shape index (κ3) is 3.81. The predicted octanol–water partition coefficient (Wildman–Crippen LogP) is 2.53. The molecule has 0 unspecified atom stereocenters. The molecule has 4 rings (SSSR count). The Bertz CT molecular complexity index is 1250. The van der Waals surface area contributed by atoms with E-state index in [0.717, 1.165) is 40.2 Å². The molecule has 0 aliphatic heterocycles. The van der Waals surface area contributed by atoms with Gasteiger partial charge in [0.05, 0.1) is 36.1 Å². The molecule has 30 heavy (non-hydrogen) atoms. The van der Waals surface area contributed by atoms with Crippen LogP contribution >= 0.6 is 0 Å². The van der Waals surface area contributed by atoms with E-state index in [4.69, 9.17) is 16.0 Å². The Morgan fingerprint density at radius 3 is 2.77 bits per heavy atom. The highest BCUT2D eigenvalue weighted by Crippen LogP contribution is 2.25. The Kier molecular flexibility index (Phi) is 5.09. The van der Waals surface area contributed by atoms with Gasteiger partial charge in [0, 0.05) is 13.1 Å². The lowest BCUT2D eigenvalue weighted by Crippen LogP contribution is -2.07. The number of nitriles is 1. The van der Waals surface area contributed by atoms with Gasteiger partial charge in [-0.1, -0.05) is 6.92 Å². The standard InChI is InChI=1S/C20H20N10/c1-3-12-4-13(7-21)23-9-16(12)24-8-14-5-15(19-20(28-14)30(2)11-27-19)29-18-6-17(22)25-10-26-18/h4-6,9-11,24H,3,8H2,1-2H3,(H3,22,25,26,28,29). The largest absolute Gasteiger partial charge is 0.384 e. The molecular formula is C20H20N10. The maximum absolute atomic E-state index is 9.06. The quantitative estimate of drug-likeness (QED) is 0.445. The smallest absolute Gasteiger partial charge is 0.162 e. The summed E-state index contributed by atoms with van der Waals surface area (Å²) in [5, 5.41) is 15.7. The van der Waals surface area contributed by atoms with Crippen molar-refractivity contribution in [1.82, 2.24) is 29.5 Å². The second kappa shape index (κ2) is 8.00. The highest BCUT2D eigenvalue weighted by atomic mass is 15.1. The summed E-state index contributed by atoms with van der Waals surface area (Å²) in [6, 6.07) is 7.45. The number of hydrogen-bond acceptors (Lipinski definition) is 9. The summed E-state index contributed by atoms with van der Waals surface area (Å²) in [7, 11) is 1.89. The van der Waals surface area contributed by atoms with Crippen LogP contribution in [0.5, 0.6) is 0 Å². The number of nitrogens with zero attached hydrogens (tertiary/aromatic N) is 7. The van der Waals surface area contributed by atoms with Crippen molar-refractivity contribution < 1.29 is 0 Å². The zero-order chi connectivity index (χ0) is 21.1. The van der Waals surface area contributed by atoms with Crippen LogP contribution in [-0.2, 0) is 20.0 Å². The minimum Gasteiger partial charge on any atom is -0.384 e. The molecule has 0 aliphatic rings. The van der Waals surface area contributed by atoms with Gasteiger partial charge >= 0.3 is 0 Å². The van der Waals surface area contributed by atoms with Crippen LogP contribution in [-0.4, -0.2) is 29.5 Å². The molecule has 0 saturated carbocycles. The molecule has 150 valence electrons. The average Bonchev–Trinajstić information content (AvgIpc) is 3.13. The van der Waals surface area contributed by atoms with Gasteiger partial charge < -0.3 is 20.9 Å². The molecule has 10 heteroatoms. The SMILES string of the molecule is CCc1cc(C#N)ncc1NCc1cc(Nc2cc(N)ncn2)c2ncn(C)c2n1. The lowest BCUT2D eigenvalue weighted by atomic mass is 10.1. The van der Waals surface area contributed by atoms with E-state index in [1.807, 2.05) is 24.6 Å². The number of imidazole rings is 1. The van der Waals surface area contributed by atoms with Crippen LogP contribution in [0.25, 0.3) is 11.2 Å². The predicted molar refractivity (Wildman–Crippen MR) is 114 cm³/mol. The van der Waals surface area contributed by atoms with Crippen molar-refractivity contribution >= 4 is 34.2 Å². The Morgan fingerprint density at radius 2 is 2.00 bits per heavy atom. The first-order chi connectivity index (χ1) is 14.6. The van der Waals surface area contributed by atoms with Gasteiger partial charge in [-0.3, -0.25) is 0 Å². The molecule has 4 aromatic rings. The zero-order valence-electron chi connectivity index (χ0n) is 16.6. The fraction of sp³-hybridized carbons (Fsp3) is 0.200. The van der Waals surface area contributed by atoms with Crippen LogP contribution in [0.1, 0.15) is 23.9 Å². The van der Waals surface area contributed by atoms with Crippen LogP contribution in [0.15, 0.2) is 37.1 Å². The van der Waals surface area contributed by atoms with Gasteiger partial charge in [-0.2, -0.15) is 5.26 Å². The molecule has 0 radical (unpaired) electrons. The summed E-state index contributed by atoms with van der Waals surface area (Å²) in [5.74, 6) is 0.949.